The lowest BCUT2D eigenvalue weighted by Crippen LogP contribution is -2.28. The van der Waals surface area contributed by atoms with Crippen LogP contribution in [-0.4, -0.2) is 31.9 Å². The third kappa shape index (κ3) is 3.58. The average molecular weight is 407 g/mol. The molecule has 2 aliphatic rings. The van der Waals surface area contributed by atoms with E-state index in [4.69, 9.17) is 9.47 Å². The van der Waals surface area contributed by atoms with E-state index in [1.54, 1.807) is 13.2 Å². The van der Waals surface area contributed by atoms with Crippen molar-refractivity contribution >= 4 is 11.6 Å². The molecule has 0 aromatic heterocycles. The van der Waals surface area contributed by atoms with Gasteiger partial charge >= 0.3 is 0 Å². The minimum absolute atomic E-state index is 0.0181. The number of Topliss-reactive ketones (excluding diaryl/α,β-unsaturated/α-hetero) is 2. The molecule has 0 radical (unpaired) electrons. The number of fused-ring (bicyclic) bond motifs is 1. The average Bonchev–Trinajstić information content (AvgIpc) is 3.39. The molecule has 4 nitrogen and oxygen atoms in total. The molecule has 0 bridgehead atoms. The van der Waals surface area contributed by atoms with Gasteiger partial charge in [0, 0.05) is 37.7 Å². The monoisotopic (exact) mass is 406 g/mol. The first kappa shape index (κ1) is 20.8. The van der Waals surface area contributed by atoms with Crippen LogP contribution in [0.4, 0.5) is 0 Å². The van der Waals surface area contributed by atoms with Crippen LogP contribution < -0.4 is 4.74 Å². The first-order valence-corrected chi connectivity index (χ1v) is 11.0. The molecule has 0 amide bonds. The zero-order valence-corrected chi connectivity index (χ0v) is 18.1. The lowest BCUT2D eigenvalue weighted by molar-refractivity contribution is 0.0970. The molecular weight excluding hydrogens is 376 g/mol. The summed E-state index contributed by atoms with van der Waals surface area (Å²) in [6.07, 6.45) is 2.77. The molecule has 0 saturated heterocycles. The van der Waals surface area contributed by atoms with E-state index in [1.807, 2.05) is 31.2 Å². The van der Waals surface area contributed by atoms with Gasteiger partial charge in [0.15, 0.2) is 11.6 Å². The van der Waals surface area contributed by atoms with Crippen molar-refractivity contribution in [1.29, 1.82) is 0 Å². The van der Waals surface area contributed by atoms with E-state index in [-0.39, 0.29) is 17.0 Å². The second-order valence-electron chi connectivity index (χ2n) is 8.61. The number of hydrogen-bond donors (Lipinski definition) is 0. The predicted octanol–water partition coefficient (Wildman–Crippen LogP) is 5.22. The second kappa shape index (κ2) is 8.35. The lowest BCUT2D eigenvalue weighted by Gasteiger charge is -2.27. The lowest BCUT2D eigenvalue weighted by atomic mass is 9.73. The second-order valence-corrected chi connectivity index (χ2v) is 8.61. The van der Waals surface area contributed by atoms with Crippen LogP contribution in [0.3, 0.4) is 0 Å². The Morgan fingerprint density at radius 3 is 2.53 bits per heavy atom. The van der Waals surface area contributed by atoms with Crippen molar-refractivity contribution in [3.8, 4) is 5.75 Å². The third-order valence-corrected chi connectivity index (χ3v) is 6.84. The molecule has 158 valence electrons. The highest BCUT2D eigenvalue weighted by Crippen LogP contribution is 2.49. The van der Waals surface area contributed by atoms with Crippen molar-refractivity contribution < 1.29 is 19.1 Å². The van der Waals surface area contributed by atoms with Crippen molar-refractivity contribution in [1.82, 2.24) is 0 Å². The predicted molar refractivity (Wildman–Crippen MR) is 116 cm³/mol. The molecule has 3 atom stereocenters. The Morgan fingerprint density at radius 2 is 1.87 bits per heavy atom. The molecule has 0 spiro atoms. The van der Waals surface area contributed by atoms with E-state index < -0.39 is 0 Å². The number of carbonyl (C=O) groups excluding carboxylic acids is 2. The summed E-state index contributed by atoms with van der Waals surface area (Å²) in [4.78, 5) is 25.9. The van der Waals surface area contributed by atoms with Crippen LogP contribution >= 0.6 is 0 Å². The van der Waals surface area contributed by atoms with Gasteiger partial charge in [-0.15, -0.1) is 0 Å². The Kier molecular flexibility index (Phi) is 5.79. The third-order valence-electron chi connectivity index (χ3n) is 6.84. The van der Waals surface area contributed by atoms with Crippen molar-refractivity contribution in [2.75, 3.05) is 20.3 Å². The number of benzene rings is 2. The zero-order valence-electron chi connectivity index (χ0n) is 18.1. The molecule has 1 aliphatic carbocycles. The Hall–Kier alpha value is -2.46. The topological polar surface area (TPSA) is 52.6 Å². The maximum absolute atomic E-state index is 13.2. The fourth-order valence-electron chi connectivity index (χ4n) is 4.80. The molecule has 1 aliphatic heterocycles. The van der Waals surface area contributed by atoms with Crippen LogP contribution in [-0.2, 0) is 10.2 Å². The molecule has 2 aromatic carbocycles. The molecule has 1 fully saturated rings. The summed E-state index contributed by atoms with van der Waals surface area (Å²) in [7, 11) is 1.70. The van der Waals surface area contributed by atoms with Crippen molar-refractivity contribution in [3.05, 3.63) is 64.7 Å². The molecule has 4 rings (SSSR count). The van der Waals surface area contributed by atoms with Crippen molar-refractivity contribution in [2.24, 2.45) is 11.8 Å². The van der Waals surface area contributed by atoms with Crippen LogP contribution in [0.15, 0.2) is 42.5 Å². The largest absolute Gasteiger partial charge is 0.491 e. The number of carbonyl (C=O) groups is 2. The molecule has 1 unspecified atom stereocenters. The van der Waals surface area contributed by atoms with Gasteiger partial charge in [-0.3, -0.25) is 9.59 Å². The smallest absolute Gasteiger partial charge is 0.166 e. The maximum Gasteiger partial charge on any atom is 0.166 e. The summed E-state index contributed by atoms with van der Waals surface area (Å²) in [6.45, 7) is 5.19. The van der Waals surface area contributed by atoms with Gasteiger partial charge in [-0.1, -0.05) is 44.2 Å². The standard InChI is InChI=1S/C26H30O4/c1-4-23(27)21-12-18(24(28)14-17-11-19(17)15-29-3)13-22-25(21)30-16-26(22,5-2)20-9-7-6-8-10-20/h6-10,12-13,17,19H,4-5,11,14-16H2,1-3H3/t17-,19-,26?/m1/s1. The van der Waals surface area contributed by atoms with Crippen molar-refractivity contribution in [3.63, 3.8) is 0 Å². The van der Waals surface area contributed by atoms with Gasteiger partial charge in [-0.05, 0) is 42.4 Å². The van der Waals surface area contributed by atoms with Gasteiger partial charge in [0.1, 0.15) is 12.4 Å². The molecule has 2 aromatic rings. The van der Waals surface area contributed by atoms with Crippen LogP contribution in [0.1, 0.15) is 71.4 Å². The van der Waals surface area contributed by atoms with Crippen LogP contribution in [0, 0.1) is 11.8 Å². The van der Waals surface area contributed by atoms with E-state index in [9.17, 15) is 9.59 Å². The van der Waals surface area contributed by atoms with E-state index in [1.165, 1.54) is 0 Å². The SMILES string of the molecule is CCC(=O)c1cc(C(=O)C[C@H]2C[C@@H]2COC)cc2c1OCC2(CC)c1ccccc1. The summed E-state index contributed by atoms with van der Waals surface area (Å²) in [5.41, 5.74) is 2.98. The van der Waals surface area contributed by atoms with Crippen molar-refractivity contribution in [2.45, 2.75) is 44.9 Å². The molecule has 30 heavy (non-hydrogen) atoms. The Labute approximate surface area is 178 Å². The van der Waals surface area contributed by atoms with E-state index in [2.05, 4.69) is 19.1 Å². The van der Waals surface area contributed by atoms with Gasteiger partial charge in [-0.25, -0.2) is 0 Å². The highest BCUT2D eigenvalue weighted by atomic mass is 16.5. The van der Waals surface area contributed by atoms with Crippen LogP contribution in [0.5, 0.6) is 5.75 Å². The molecular formula is C26H30O4. The van der Waals surface area contributed by atoms with E-state index in [0.717, 1.165) is 24.0 Å². The van der Waals surface area contributed by atoms with Crippen LogP contribution in [0.2, 0.25) is 0 Å². The number of hydrogen-bond acceptors (Lipinski definition) is 4. The number of ether oxygens (including phenoxy) is 2. The Morgan fingerprint density at radius 1 is 1.10 bits per heavy atom. The van der Waals surface area contributed by atoms with Gasteiger partial charge in [0.25, 0.3) is 0 Å². The molecule has 4 heteroatoms. The fourth-order valence-corrected chi connectivity index (χ4v) is 4.80. The summed E-state index contributed by atoms with van der Waals surface area (Å²) in [5.74, 6) is 1.65. The number of methoxy groups -OCH3 is 1. The fraction of sp³-hybridized carbons (Fsp3) is 0.462. The van der Waals surface area contributed by atoms with Gasteiger partial charge < -0.3 is 9.47 Å². The highest BCUT2D eigenvalue weighted by molar-refractivity contribution is 6.04. The van der Waals surface area contributed by atoms with Gasteiger partial charge in [0.2, 0.25) is 0 Å². The molecule has 1 saturated carbocycles. The number of ketones is 2. The quantitative estimate of drug-likeness (QED) is 0.536. The summed E-state index contributed by atoms with van der Waals surface area (Å²) in [5, 5.41) is 0. The van der Waals surface area contributed by atoms with Crippen LogP contribution in [0.25, 0.3) is 0 Å². The van der Waals surface area contributed by atoms with E-state index >= 15 is 0 Å². The highest BCUT2D eigenvalue weighted by Gasteiger charge is 2.44. The summed E-state index contributed by atoms with van der Waals surface area (Å²) >= 11 is 0. The number of rotatable bonds is 9. The molecule has 0 N–H and O–H groups in total. The normalized spacial score (nSPS) is 24.2. The zero-order chi connectivity index (χ0) is 21.3. The van der Waals surface area contributed by atoms with Gasteiger partial charge in [0.05, 0.1) is 11.0 Å². The first-order chi connectivity index (χ1) is 14.5. The first-order valence-electron chi connectivity index (χ1n) is 11.0. The molecule has 1 heterocycles. The Bertz CT molecular complexity index is 949. The minimum atomic E-state index is -0.339. The Balaban J connectivity index is 1.75. The minimum Gasteiger partial charge on any atom is -0.491 e. The maximum atomic E-state index is 13.2. The summed E-state index contributed by atoms with van der Waals surface area (Å²) < 4.78 is 11.4. The van der Waals surface area contributed by atoms with Gasteiger partial charge in [-0.2, -0.15) is 0 Å². The van der Waals surface area contributed by atoms with E-state index in [0.29, 0.717) is 54.8 Å². The summed E-state index contributed by atoms with van der Waals surface area (Å²) in [6, 6.07) is 14.0.